The molecule has 1 aliphatic heterocycles. The van der Waals surface area contributed by atoms with Crippen molar-refractivity contribution in [2.75, 3.05) is 0 Å². The van der Waals surface area contributed by atoms with Crippen LogP contribution in [0.5, 0.6) is 0 Å². The van der Waals surface area contributed by atoms with E-state index in [0.29, 0.717) is 11.5 Å². The van der Waals surface area contributed by atoms with Crippen LogP contribution in [0.2, 0.25) is 0 Å². The first-order chi connectivity index (χ1) is 10.2. The summed E-state index contributed by atoms with van der Waals surface area (Å²) in [4.78, 5) is 15.2. The standard InChI is InChI=1S/C17H13NO3/c19-16(20)10-13-11-18-15-9-5-4-8-14(15)17(21-13)12-6-2-1-3-7-12/h1-9,11H,10H2,(H,19,20). The van der Waals surface area contributed by atoms with Crippen molar-refractivity contribution >= 4 is 11.7 Å². The van der Waals surface area contributed by atoms with Crippen LogP contribution in [0.1, 0.15) is 12.0 Å². The lowest BCUT2D eigenvalue weighted by Gasteiger charge is -2.11. The molecule has 104 valence electrons. The topological polar surface area (TPSA) is 58.9 Å². The van der Waals surface area contributed by atoms with E-state index in [4.69, 9.17) is 9.84 Å². The summed E-state index contributed by atoms with van der Waals surface area (Å²) in [6.07, 6.45) is 1.27. The van der Waals surface area contributed by atoms with Crippen molar-refractivity contribution in [1.29, 1.82) is 0 Å². The summed E-state index contributed by atoms with van der Waals surface area (Å²) in [5.74, 6) is -0.00711. The lowest BCUT2D eigenvalue weighted by molar-refractivity contribution is -0.136. The van der Waals surface area contributed by atoms with Crippen molar-refractivity contribution in [3.63, 3.8) is 0 Å². The van der Waals surface area contributed by atoms with Crippen LogP contribution in [0, 0.1) is 0 Å². The molecule has 0 aliphatic carbocycles. The molecule has 0 spiro atoms. The molecule has 4 nitrogen and oxygen atoms in total. The Morgan fingerprint density at radius 2 is 1.76 bits per heavy atom. The molecule has 2 aromatic carbocycles. The Hall–Kier alpha value is -2.88. The third-order valence-electron chi connectivity index (χ3n) is 3.09. The summed E-state index contributed by atoms with van der Waals surface area (Å²) in [5, 5.41) is 10.6. The van der Waals surface area contributed by atoms with Gasteiger partial charge < -0.3 is 9.84 Å². The minimum absolute atomic E-state index is 0.201. The second-order valence-electron chi connectivity index (χ2n) is 4.61. The molecular weight excluding hydrogens is 266 g/mol. The zero-order valence-corrected chi connectivity index (χ0v) is 11.2. The summed E-state index contributed by atoms with van der Waals surface area (Å²) >= 11 is 0. The number of fused-ring (bicyclic) bond motifs is 1. The van der Waals surface area contributed by atoms with E-state index >= 15 is 0 Å². The number of aliphatic carboxylic acids is 1. The van der Waals surface area contributed by atoms with Gasteiger partial charge in [-0.05, 0) is 12.1 Å². The number of ether oxygens (including phenoxy) is 1. The van der Waals surface area contributed by atoms with Crippen LogP contribution in [-0.4, -0.2) is 11.1 Å². The largest absolute Gasteiger partial charge is 0.481 e. The molecule has 0 fully saturated rings. The second kappa shape index (κ2) is 5.63. The van der Waals surface area contributed by atoms with Gasteiger partial charge in [-0.2, -0.15) is 0 Å². The number of benzene rings is 2. The number of carbonyl (C=O) groups is 1. The average Bonchev–Trinajstić information content (AvgIpc) is 2.68. The molecule has 1 aliphatic rings. The third-order valence-corrected chi connectivity index (χ3v) is 3.09. The minimum atomic E-state index is -0.949. The van der Waals surface area contributed by atoms with Gasteiger partial charge in [0.25, 0.3) is 0 Å². The van der Waals surface area contributed by atoms with E-state index < -0.39 is 5.97 Å². The van der Waals surface area contributed by atoms with Crippen molar-refractivity contribution in [1.82, 2.24) is 0 Å². The van der Waals surface area contributed by atoms with Gasteiger partial charge in [-0.3, -0.25) is 9.79 Å². The first-order valence-corrected chi connectivity index (χ1v) is 6.55. The number of rotatable bonds is 3. The van der Waals surface area contributed by atoms with Gasteiger partial charge >= 0.3 is 5.97 Å². The average molecular weight is 279 g/mol. The molecule has 0 saturated carbocycles. The fourth-order valence-corrected chi connectivity index (χ4v) is 2.17. The van der Waals surface area contributed by atoms with E-state index in [-0.39, 0.29) is 6.42 Å². The minimum Gasteiger partial charge on any atom is -0.481 e. The van der Waals surface area contributed by atoms with Crippen LogP contribution in [0.15, 0.2) is 71.5 Å². The molecule has 1 heterocycles. The van der Waals surface area contributed by atoms with E-state index in [9.17, 15) is 4.79 Å². The van der Waals surface area contributed by atoms with Gasteiger partial charge in [-0.25, -0.2) is 0 Å². The maximum Gasteiger partial charge on any atom is 0.311 e. The molecule has 0 unspecified atom stereocenters. The number of hydrogen-bond donors (Lipinski definition) is 1. The summed E-state index contributed by atoms with van der Waals surface area (Å²) in [6, 6.07) is 17.2. The third kappa shape index (κ3) is 2.84. The van der Waals surface area contributed by atoms with E-state index in [1.54, 1.807) is 0 Å². The Labute approximate surface area is 121 Å². The van der Waals surface area contributed by atoms with Crippen LogP contribution < -0.4 is 10.6 Å². The van der Waals surface area contributed by atoms with E-state index in [1.165, 1.54) is 6.20 Å². The quantitative estimate of drug-likeness (QED) is 0.932. The van der Waals surface area contributed by atoms with E-state index in [0.717, 1.165) is 16.1 Å². The Balaban J connectivity index is 2.21. The number of para-hydroxylation sites is 1. The molecule has 0 radical (unpaired) electrons. The smallest absolute Gasteiger partial charge is 0.311 e. The van der Waals surface area contributed by atoms with Gasteiger partial charge in [0.2, 0.25) is 0 Å². The highest BCUT2D eigenvalue weighted by Crippen LogP contribution is 2.19. The molecule has 4 heteroatoms. The highest BCUT2D eigenvalue weighted by Gasteiger charge is 2.13. The van der Waals surface area contributed by atoms with Crippen molar-refractivity contribution in [3.05, 3.63) is 82.7 Å². The van der Waals surface area contributed by atoms with Crippen molar-refractivity contribution in [2.45, 2.75) is 6.42 Å². The van der Waals surface area contributed by atoms with Gasteiger partial charge in [0, 0.05) is 10.8 Å². The van der Waals surface area contributed by atoms with E-state index in [1.807, 2.05) is 54.6 Å². The number of hydrogen-bond acceptors (Lipinski definition) is 3. The highest BCUT2D eigenvalue weighted by molar-refractivity contribution is 5.70. The molecule has 1 N–H and O–H groups in total. The molecule has 0 bridgehead atoms. The number of nitrogens with zero attached hydrogens (tertiary/aromatic N) is 1. The predicted molar refractivity (Wildman–Crippen MR) is 77.6 cm³/mol. The highest BCUT2D eigenvalue weighted by atomic mass is 16.5. The molecule has 0 amide bonds. The summed E-state index contributed by atoms with van der Waals surface area (Å²) in [6.45, 7) is 0. The SMILES string of the molecule is O=C(O)CC1=CN=c2ccccc2=C(c2ccccc2)O1. The van der Waals surface area contributed by atoms with Gasteiger partial charge in [0.15, 0.2) is 0 Å². The van der Waals surface area contributed by atoms with Crippen molar-refractivity contribution in [2.24, 2.45) is 4.99 Å². The fraction of sp³-hybridized carbons (Fsp3) is 0.0588. The van der Waals surface area contributed by atoms with Crippen LogP contribution in [-0.2, 0) is 9.53 Å². The zero-order chi connectivity index (χ0) is 14.7. The summed E-state index contributed by atoms with van der Waals surface area (Å²) in [5.41, 5.74) is 0.887. The lowest BCUT2D eigenvalue weighted by Crippen LogP contribution is -2.26. The molecule has 0 aromatic heterocycles. The number of carboxylic acids is 1. The van der Waals surface area contributed by atoms with Crippen LogP contribution in [0.3, 0.4) is 0 Å². The Morgan fingerprint density at radius 1 is 1.05 bits per heavy atom. The Bertz CT molecular complexity index is 823. The van der Waals surface area contributed by atoms with Gasteiger partial charge in [0.1, 0.15) is 17.9 Å². The van der Waals surface area contributed by atoms with Crippen molar-refractivity contribution in [3.8, 4) is 0 Å². The second-order valence-corrected chi connectivity index (χ2v) is 4.61. The number of carboxylic acid groups (broad SMARTS) is 1. The molecule has 21 heavy (non-hydrogen) atoms. The van der Waals surface area contributed by atoms with Gasteiger partial charge in [-0.1, -0.05) is 42.5 Å². The molecule has 2 aromatic rings. The Morgan fingerprint density at radius 3 is 2.52 bits per heavy atom. The Kier molecular flexibility index (Phi) is 3.51. The maximum atomic E-state index is 10.9. The van der Waals surface area contributed by atoms with Crippen LogP contribution in [0.4, 0.5) is 0 Å². The fourth-order valence-electron chi connectivity index (χ4n) is 2.17. The van der Waals surface area contributed by atoms with Gasteiger partial charge in [-0.15, -0.1) is 0 Å². The first-order valence-electron chi connectivity index (χ1n) is 6.55. The molecule has 3 rings (SSSR count). The lowest BCUT2D eigenvalue weighted by atomic mass is 10.1. The monoisotopic (exact) mass is 279 g/mol. The molecule has 0 atom stereocenters. The molecule has 0 saturated heterocycles. The predicted octanol–water partition coefficient (Wildman–Crippen LogP) is 1.81. The summed E-state index contributed by atoms with van der Waals surface area (Å²) < 4.78 is 5.84. The first kappa shape index (κ1) is 13.1. The normalized spacial score (nSPS) is 13.3. The van der Waals surface area contributed by atoms with Gasteiger partial charge in [0.05, 0.1) is 11.6 Å². The molecular formula is C17H13NO3. The zero-order valence-electron chi connectivity index (χ0n) is 11.2. The van der Waals surface area contributed by atoms with Crippen LogP contribution in [0.25, 0.3) is 5.76 Å². The maximum absolute atomic E-state index is 10.9. The summed E-state index contributed by atoms with van der Waals surface area (Å²) in [7, 11) is 0. The van der Waals surface area contributed by atoms with E-state index in [2.05, 4.69) is 4.99 Å². The van der Waals surface area contributed by atoms with Crippen molar-refractivity contribution < 1.29 is 14.6 Å². The van der Waals surface area contributed by atoms with Crippen LogP contribution >= 0.6 is 0 Å².